The normalized spacial score (nSPS) is 10.3. The molecule has 0 aliphatic heterocycles. The lowest BCUT2D eigenvalue weighted by Gasteiger charge is -2.05. The lowest BCUT2D eigenvalue weighted by Crippen LogP contribution is -2.15. The van der Waals surface area contributed by atoms with Crippen LogP contribution in [0.5, 0.6) is 0 Å². The van der Waals surface area contributed by atoms with Gasteiger partial charge < -0.3 is 9.84 Å². The molecule has 0 aliphatic rings. The highest BCUT2D eigenvalue weighted by molar-refractivity contribution is 5.99. The van der Waals surface area contributed by atoms with Crippen molar-refractivity contribution in [3.05, 3.63) is 47.0 Å². The predicted molar refractivity (Wildman–Crippen MR) is 63.8 cm³/mol. The second kappa shape index (κ2) is 5.47. The van der Waals surface area contributed by atoms with Crippen LogP contribution >= 0.6 is 0 Å². The molecule has 0 aliphatic carbocycles. The van der Waals surface area contributed by atoms with Crippen molar-refractivity contribution in [3.8, 4) is 0 Å². The summed E-state index contributed by atoms with van der Waals surface area (Å²) in [7, 11) is 1.10. The van der Waals surface area contributed by atoms with Gasteiger partial charge in [0.1, 0.15) is 5.82 Å². The Balaban J connectivity index is 2.43. The summed E-state index contributed by atoms with van der Waals surface area (Å²) in [4.78, 5) is 22.6. The van der Waals surface area contributed by atoms with Crippen LogP contribution in [0, 0.1) is 5.82 Å². The number of benzene rings is 1. The van der Waals surface area contributed by atoms with Gasteiger partial charge in [-0.1, -0.05) is 23.4 Å². The van der Waals surface area contributed by atoms with Crippen LogP contribution in [0.3, 0.4) is 0 Å². The number of ether oxygens (including phenoxy) is 1. The predicted octanol–water partition coefficient (Wildman–Crippen LogP) is 0.950. The van der Waals surface area contributed by atoms with E-state index in [1.54, 1.807) is 6.07 Å². The van der Waals surface area contributed by atoms with Crippen LogP contribution in [0.4, 0.5) is 4.39 Å². The average molecular weight is 279 g/mol. The fourth-order valence-electron chi connectivity index (χ4n) is 1.66. The van der Waals surface area contributed by atoms with Gasteiger partial charge in [-0.2, -0.15) is 0 Å². The van der Waals surface area contributed by atoms with E-state index in [4.69, 9.17) is 5.11 Å². The molecule has 0 atom stereocenters. The van der Waals surface area contributed by atoms with E-state index in [1.165, 1.54) is 18.2 Å². The third-order valence-electron chi connectivity index (χ3n) is 2.59. The molecule has 0 amide bonds. The van der Waals surface area contributed by atoms with Crippen LogP contribution in [-0.4, -0.2) is 39.1 Å². The Morgan fingerprint density at radius 2 is 2.10 bits per heavy atom. The van der Waals surface area contributed by atoms with Crippen LogP contribution in [0.1, 0.15) is 26.5 Å². The van der Waals surface area contributed by atoms with Gasteiger partial charge in [-0.15, -0.1) is 5.10 Å². The lowest BCUT2D eigenvalue weighted by molar-refractivity contribution is 0.0574. The second-order valence-electron chi connectivity index (χ2n) is 3.83. The molecule has 0 unspecified atom stereocenters. The van der Waals surface area contributed by atoms with Gasteiger partial charge in [-0.3, -0.25) is 0 Å². The molecule has 1 aromatic heterocycles. The number of carboxylic acid groups (broad SMARTS) is 1. The average Bonchev–Trinajstić information content (AvgIpc) is 2.84. The Labute approximate surface area is 112 Å². The highest BCUT2D eigenvalue weighted by atomic mass is 19.1. The summed E-state index contributed by atoms with van der Waals surface area (Å²) in [6.45, 7) is -0.154. The first-order valence-corrected chi connectivity index (χ1v) is 5.53. The Morgan fingerprint density at radius 1 is 1.40 bits per heavy atom. The number of aromatic carboxylic acids is 1. The van der Waals surface area contributed by atoms with Crippen molar-refractivity contribution in [1.29, 1.82) is 0 Å². The van der Waals surface area contributed by atoms with Gasteiger partial charge in [-0.05, 0) is 6.07 Å². The molecule has 7 nitrogen and oxygen atoms in total. The van der Waals surface area contributed by atoms with Crippen LogP contribution in [-0.2, 0) is 11.3 Å². The van der Waals surface area contributed by atoms with Crippen molar-refractivity contribution in [1.82, 2.24) is 15.0 Å². The summed E-state index contributed by atoms with van der Waals surface area (Å²) >= 11 is 0. The Morgan fingerprint density at radius 3 is 2.70 bits per heavy atom. The Bertz CT molecular complexity index is 668. The first-order valence-electron chi connectivity index (χ1n) is 5.53. The minimum atomic E-state index is -1.40. The molecule has 0 saturated carbocycles. The van der Waals surface area contributed by atoms with Gasteiger partial charge in [0, 0.05) is 5.56 Å². The number of hydrogen-bond acceptors (Lipinski definition) is 5. The van der Waals surface area contributed by atoms with Crippen molar-refractivity contribution in [3.63, 3.8) is 0 Å². The summed E-state index contributed by atoms with van der Waals surface area (Å²) in [5, 5.41) is 16.2. The summed E-state index contributed by atoms with van der Waals surface area (Å²) in [5.74, 6) is -2.81. The van der Waals surface area contributed by atoms with Crippen LogP contribution in [0.2, 0.25) is 0 Å². The van der Waals surface area contributed by atoms with Gasteiger partial charge in [0.25, 0.3) is 0 Å². The third kappa shape index (κ3) is 2.48. The number of aromatic nitrogens is 3. The number of carboxylic acids is 1. The number of rotatable bonds is 4. The van der Waals surface area contributed by atoms with Gasteiger partial charge >= 0.3 is 11.9 Å². The van der Waals surface area contributed by atoms with Gasteiger partial charge in [0.15, 0.2) is 5.69 Å². The lowest BCUT2D eigenvalue weighted by atomic mass is 10.2. The maximum atomic E-state index is 13.5. The Kier molecular flexibility index (Phi) is 3.74. The zero-order valence-corrected chi connectivity index (χ0v) is 10.4. The molecule has 1 N–H and O–H groups in total. The standard InChI is InChI=1S/C12H10FN3O4/c1-20-12(19)9-10(11(17)18)16(15-14-9)6-7-4-2-3-5-8(7)13/h2-5H,6H2,1H3,(H,17,18). The molecule has 104 valence electrons. The monoisotopic (exact) mass is 279 g/mol. The van der Waals surface area contributed by atoms with Crippen molar-refractivity contribution in [2.75, 3.05) is 7.11 Å². The molecule has 2 rings (SSSR count). The van der Waals surface area contributed by atoms with Gasteiger partial charge in [-0.25, -0.2) is 18.7 Å². The fourth-order valence-corrected chi connectivity index (χ4v) is 1.66. The summed E-state index contributed by atoms with van der Waals surface area (Å²) in [6.07, 6.45) is 0. The maximum Gasteiger partial charge on any atom is 0.361 e. The number of carbonyl (C=O) groups is 2. The molecule has 20 heavy (non-hydrogen) atoms. The summed E-state index contributed by atoms with van der Waals surface area (Å²) in [6, 6.07) is 5.85. The molecule has 0 fully saturated rings. The first kappa shape index (κ1) is 13.7. The topological polar surface area (TPSA) is 94.3 Å². The number of esters is 1. The number of nitrogens with zero attached hydrogens (tertiary/aromatic N) is 3. The highest BCUT2D eigenvalue weighted by Gasteiger charge is 2.26. The quantitative estimate of drug-likeness (QED) is 0.837. The molecule has 1 aromatic carbocycles. The van der Waals surface area contributed by atoms with E-state index in [0.29, 0.717) is 0 Å². The van der Waals surface area contributed by atoms with Crippen LogP contribution < -0.4 is 0 Å². The van der Waals surface area contributed by atoms with Gasteiger partial charge in [0.05, 0.1) is 13.7 Å². The van der Waals surface area contributed by atoms with E-state index in [9.17, 15) is 14.0 Å². The van der Waals surface area contributed by atoms with Crippen LogP contribution in [0.25, 0.3) is 0 Å². The molecular weight excluding hydrogens is 269 g/mol. The van der Waals surface area contributed by atoms with E-state index in [0.717, 1.165) is 11.8 Å². The summed E-state index contributed by atoms with van der Waals surface area (Å²) in [5.41, 5.74) is -0.632. The molecule has 0 saturated heterocycles. The molecule has 0 spiro atoms. The molecule has 8 heteroatoms. The van der Waals surface area contributed by atoms with Crippen molar-refractivity contribution < 1.29 is 23.8 Å². The third-order valence-corrected chi connectivity index (χ3v) is 2.59. The van der Waals surface area contributed by atoms with Crippen LogP contribution in [0.15, 0.2) is 24.3 Å². The Hall–Kier alpha value is -2.77. The number of hydrogen-bond donors (Lipinski definition) is 1. The molecule has 0 bridgehead atoms. The minimum absolute atomic E-state index is 0.154. The SMILES string of the molecule is COC(=O)c1nnn(Cc2ccccc2F)c1C(=O)O. The molecule has 0 radical (unpaired) electrons. The highest BCUT2D eigenvalue weighted by Crippen LogP contribution is 2.12. The zero-order chi connectivity index (χ0) is 14.7. The smallest absolute Gasteiger partial charge is 0.361 e. The van der Waals surface area contributed by atoms with E-state index in [2.05, 4.69) is 15.0 Å². The van der Waals surface area contributed by atoms with Crippen molar-refractivity contribution in [2.24, 2.45) is 0 Å². The summed E-state index contributed by atoms with van der Waals surface area (Å²) < 4.78 is 18.9. The van der Waals surface area contributed by atoms with E-state index < -0.39 is 29.1 Å². The molecule has 1 heterocycles. The number of methoxy groups -OCH3 is 1. The molecule has 2 aromatic rings. The number of carbonyl (C=O) groups excluding carboxylic acids is 1. The van der Waals surface area contributed by atoms with Crippen molar-refractivity contribution in [2.45, 2.75) is 6.54 Å². The fraction of sp³-hybridized carbons (Fsp3) is 0.167. The zero-order valence-electron chi connectivity index (χ0n) is 10.4. The second-order valence-corrected chi connectivity index (χ2v) is 3.83. The largest absolute Gasteiger partial charge is 0.476 e. The van der Waals surface area contributed by atoms with E-state index >= 15 is 0 Å². The first-order chi connectivity index (χ1) is 9.54. The van der Waals surface area contributed by atoms with Crippen molar-refractivity contribution >= 4 is 11.9 Å². The minimum Gasteiger partial charge on any atom is -0.476 e. The molecular formula is C12H10FN3O4. The van der Waals surface area contributed by atoms with Gasteiger partial charge in [0.2, 0.25) is 5.69 Å². The number of halogens is 1. The van der Waals surface area contributed by atoms with E-state index in [1.807, 2.05) is 0 Å². The maximum absolute atomic E-state index is 13.5. The van der Waals surface area contributed by atoms with E-state index in [-0.39, 0.29) is 12.1 Å².